The third kappa shape index (κ3) is 3.52. The average Bonchev–Trinajstić information content (AvgIpc) is 3.16. The summed E-state index contributed by atoms with van der Waals surface area (Å²) in [6, 6.07) is 11.9. The fourth-order valence-corrected chi connectivity index (χ4v) is 3.72. The van der Waals surface area contributed by atoms with Crippen molar-refractivity contribution in [1.82, 2.24) is 19.8 Å². The van der Waals surface area contributed by atoms with Gasteiger partial charge in [-0.2, -0.15) is 5.10 Å². The average molecular weight is 364 g/mol. The highest BCUT2D eigenvalue weighted by molar-refractivity contribution is 5.94. The number of fused-ring (bicyclic) bond motifs is 1. The third-order valence-corrected chi connectivity index (χ3v) is 5.06. The second kappa shape index (κ2) is 7.39. The van der Waals surface area contributed by atoms with Gasteiger partial charge in [-0.25, -0.2) is 4.68 Å². The van der Waals surface area contributed by atoms with Gasteiger partial charge < -0.3 is 9.42 Å². The Bertz CT molecular complexity index is 943. The molecular formula is C21H24N4O2. The maximum Gasteiger partial charge on any atom is 0.274 e. The Morgan fingerprint density at radius 2 is 1.96 bits per heavy atom. The summed E-state index contributed by atoms with van der Waals surface area (Å²) in [5.41, 5.74) is 4.59. The number of carbonyl (C=O) groups is 1. The van der Waals surface area contributed by atoms with Crippen LogP contribution in [0.4, 0.5) is 0 Å². The van der Waals surface area contributed by atoms with Crippen LogP contribution in [0.25, 0.3) is 5.69 Å². The minimum Gasteiger partial charge on any atom is -0.361 e. The fraction of sp³-hybridized carbons (Fsp3) is 0.381. The van der Waals surface area contributed by atoms with Crippen molar-refractivity contribution in [3.05, 3.63) is 64.8 Å². The predicted octanol–water partition coefficient (Wildman–Crippen LogP) is 3.71. The number of carbonyl (C=O) groups excluding carboxylic acids is 1. The van der Waals surface area contributed by atoms with E-state index in [1.165, 1.54) is 12.1 Å². The zero-order valence-corrected chi connectivity index (χ0v) is 15.8. The molecule has 4 rings (SSSR count). The van der Waals surface area contributed by atoms with Crippen molar-refractivity contribution in [2.45, 2.75) is 45.6 Å². The second-order valence-electron chi connectivity index (χ2n) is 7.17. The van der Waals surface area contributed by atoms with Crippen LogP contribution in [0.1, 0.15) is 52.5 Å². The van der Waals surface area contributed by atoms with Crippen LogP contribution < -0.4 is 0 Å². The molecule has 1 aliphatic carbocycles. The van der Waals surface area contributed by atoms with Crippen LogP contribution in [-0.4, -0.2) is 32.8 Å². The molecule has 2 aromatic heterocycles. The van der Waals surface area contributed by atoms with E-state index >= 15 is 0 Å². The van der Waals surface area contributed by atoms with Crippen molar-refractivity contribution in [3.63, 3.8) is 0 Å². The van der Waals surface area contributed by atoms with Gasteiger partial charge in [0.1, 0.15) is 11.5 Å². The molecule has 0 radical (unpaired) electrons. The predicted molar refractivity (Wildman–Crippen MR) is 102 cm³/mol. The SMILES string of the molecule is Cc1cc(CN(C)C(=O)c2nn(-c3ccccc3)c3c2CCCCC3)no1. The molecule has 2 heterocycles. The van der Waals surface area contributed by atoms with E-state index in [2.05, 4.69) is 5.16 Å². The molecule has 3 aromatic rings. The highest BCUT2D eigenvalue weighted by atomic mass is 16.5. The molecule has 1 amide bonds. The van der Waals surface area contributed by atoms with Crippen molar-refractivity contribution in [1.29, 1.82) is 0 Å². The Balaban J connectivity index is 1.69. The molecule has 1 aromatic carbocycles. The van der Waals surface area contributed by atoms with Gasteiger partial charge >= 0.3 is 0 Å². The fourth-order valence-electron chi connectivity index (χ4n) is 3.72. The molecule has 1 aliphatic rings. The first kappa shape index (κ1) is 17.5. The molecule has 6 nitrogen and oxygen atoms in total. The van der Waals surface area contributed by atoms with Gasteiger partial charge in [-0.15, -0.1) is 0 Å². The van der Waals surface area contributed by atoms with Gasteiger partial charge in [-0.3, -0.25) is 4.79 Å². The van der Waals surface area contributed by atoms with E-state index in [-0.39, 0.29) is 5.91 Å². The summed E-state index contributed by atoms with van der Waals surface area (Å²) < 4.78 is 7.07. The number of rotatable bonds is 4. The first-order chi connectivity index (χ1) is 13.1. The second-order valence-corrected chi connectivity index (χ2v) is 7.17. The Hall–Kier alpha value is -2.89. The lowest BCUT2D eigenvalue weighted by Crippen LogP contribution is -2.27. The summed E-state index contributed by atoms with van der Waals surface area (Å²) in [5, 5.41) is 8.75. The molecule has 0 atom stereocenters. The number of benzene rings is 1. The van der Waals surface area contributed by atoms with Crippen molar-refractivity contribution in [3.8, 4) is 5.69 Å². The number of aromatic nitrogens is 3. The summed E-state index contributed by atoms with van der Waals surface area (Å²) in [7, 11) is 1.79. The number of hydrogen-bond acceptors (Lipinski definition) is 4. The lowest BCUT2D eigenvalue weighted by Gasteiger charge is -2.15. The molecule has 0 saturated heterocycles. The number of amides is 1. The van der Waals surface area contributed by atoms with Crippen molar-refractivity contribution in [2.75, 3.05) is 7.05 Å². The maximum absolute atomic E-state index is 13.2. The minimum absolute atomic E-state index is 0.0662. The normalized spacial score (nSPS) is 13.9. The van der Waals surface area contributed by atoms with Gasteiger partial charge in [-0.05, 0) is 44.7 Å². The van der Waals surface area contributed by atoms with E-state index in [0.29, 0.717) is 12.2 Å². The molecule has 6 heteroatoms. The van der Waals surface area contributed by atoms with Gasteiger partial charge in [-0.1, -0.05) is 29.8 Å². The molecule has 0 saturated carbocycles. The Labute approximate surface area is 158 Å². The van der Waals surface area contributed by atoms with Gasteiger partial charge in [0, 0.05) is 24.4 Å². The summed E-state index contributed by atoms with van der Waals surface area (Å²) in [6.07, 6.45) is 5.27. The molecule has 0 aliphatic heterocycles. The highest BCUT2D eigenvalue weighted by Gasteiger charge is 2.27. The monoisotopic (exact) mass is 364 g/mol. The quantitative estimate of drug-likeness (QED) is 0.662. The minimum atomic E-state index is -0.0662. The van der Waals surface area contributed by atoms with Crippen molar-refractivity contribution < 1.29 is 9.32 Å². The summed E-state index contributed by atoms with van der Waals surface area (Å²) >= 11 is 0. The van der Waals surface area contributed by atoms with E-state index < -0.39 is 0 Å². The van der Waals surface area contributed by atoms with E-state index in [1.54, 1.807) is 11.9 Å². The molecule has 140 valence electrons. The Morgan fingerprint density at radius 1 is 1.19 bits per heavy atom. The summed E-state index contributed by atoms with van der Waals surface area (Å²) in [5.74, 6) is 0.677. The first-order valence-corrected chi connectivity index (χ1v) is 9.47. The molecule has 0 bridgehead atoms. The maximum atomic E-state index is 13.2. The van der Waals surface area contributed by atoms with Gasteiger partial charge in [0.05, 0.1) is 12.2 Å². The van der Waals surface area contributed by atoms with Gasteiger partial charge in [0.15, 0.2) is 5.69 Å². The first-order valence-electron chi connectivity index (χ1n) is 9.47. The van der Waals surface area contributed by atoms with E-state index in [1.807, 2.05) is 48.0 Å². The largest absolute Gasteiger partial charge is 0.361 e. The number of hydrogen-bond donors (Lipinski definition) is 0. The van der Waals surface area contributed by atoms with Gasteiger partial charge in [0.25, 0.3) is 5.91 Å². The summed E-state index contributed by atoms with van der Waals surface area (Å²) in [4.78, 5) is 14.8. The molecule has 0 fully saturated rings. The molecular weight excluding hydrogens is 340 g/mol. The molecule has 27 heavy (non-hydrogen) atoms. The Morgan fingerprint density at radius 3 is 2.70 bits per heavy atom. The van der Waals surface area contributed by atoms with Crippen molar-refractivity contribution in [2.24, 2.45) is 0 Å². The smallest absolute Gasteiger partial charge is 0.274 e. The van der Waals surface area contributed by atoms with Crippen molar-refractivity contribution >= 4 is 5.91 Å². The topological polar surface area (TPSA) is 64.2 Å². The van der Waals surface area contributed by atoms with Crippen LogP contribution in [0.2, 0.25) is 0 Å². The van der Waals surface area contributed by atoms with Crippen LogP contribution in [0.3, 0.4) is 0 Å². The van der Waals surface area contributed by atoms with Crippen LogP contribution in [0, 0.1) is 6.92 Å². The number of nitrogens with zero attached hydrogens (tertiary/aromatic N) is 4. The van der Waals surface area contributed by atoms with E-state index in [0.717, 1.165) is 48.4 Å². The van der Waals surface area contributed by atoms with Crippen LogP contribution in [0.5, 0.6) is 0 Å². The third-order valence-electron chi connectivity index (χ3n) is 5.06. The van der Waals surface area contributed by atoms with Crippen LogP contribution in [-0.2, 0) is 19.4 Å². The van der Waals surface area contributed by atoms with Gasteiger partial charge in [0.2, 0.25) is 0 Å². The number of para-hydroxylation sites is 1. The standard InChI is InChI=1S/C21H24N4O2/c1-15-13-16(23-27-15)14-24(2)21(26)20-18-11-7-4-8-12-19(18)25(22-20)17-9-5-3-6-10-17/h3,5-6,9-10,13H,4,7-8,11-12,14H2,1-2H3. The van der Waals surface area contributed by atoms with E-state index in [4.69, 9.17) is 9.62 Å². The van der Waals surface area contributed by atoms with E-state index in [9.17, 15) is 4.79 Å². The lowest BCUT2D eigenvalue weighted by atomic mass is 10.1. The zero-order valence-electron chi connectivity index (χ0n) is 15.8. The highest BCUT2D eigenvalue weighted by Crippen LogP contribution is 2.27. The molecule has 0 unspecified atom stereocenters. The zero-order chi connectivity index (χ0) is 18.8. The molecule has 0 spiro atoms. The summed E-state index contributed by atoms with van der Waals surface area (Å²) in [6.45, 7) is 2.25. The molecule has 0 N–H and O–H groups in total. The Kier molecular flexibility index (Phi) is 4.79. The van der Waals surface area contributed by atoms with Crippen LogP contribution >= 0.6 is 0 Å². The van der Waals surface area contributed by atoms with Crippen LogP contribution in [0.15, 0.2) is 40.9 Å². The number of aryl methyl sites for hydroxylation is 1. The lowest BCUT2D eigenvalue weighted by molar-refractivity contribution is 0.0774.